The monoisotopic (exact) mass is 383 g/mol. The molecule has 1 aliphatic heterocycles. The molecule has 0 unspecified atom stereocenters. The number of oxazole rings is 1. The van der Waals surface area contributed by atoms with Crippen LogP contribution in [0.4, 0.5) is 0 Å². The molecule has 0 saturated carbocycles. The fraction of sp³-hybridized carbons (Fsp3) is 0.208. The summed E-state index contributed by atoms with van der Waals surface area (Å²) in [5, 5.41) is 1.09. The molecule has 29 heavy (non-hydrogen) atoms. The van der Waals surface area contributed by atoms with Crippen LogP contribution in [0.1, 0.15) is 30.3 Å². The summed E-state index contributed by atoms with van der Waals surface area (Å²) in [4.78, 5) is 23.7. The van der Waals surface area contributed by atoms with Gasteiger partial charge in [-0.1, -0.05) is 36.4 Å². The molecule has 1 aliphatic rings. The number of piperidine rings is 1. The van der Waals surface area contributed by atoms with E-state index in [1.165, 1.54) is 0 Å². The Morgan fingerprint density at radius 2 is 1.69 bits per heavy atom. The van der Waals surface area contributed by atoms with Gasteiger partial charge in [0.05, 0.1) is 11.2 Å². The number of pyridine rings is 1. The molecule has 1 saturated heterocycles. The van der Waals surface area contributed by atoms with Gasteiger partial charge in [-0.3, -0.25) is 4.79 Å². The molecule has 5 rings (SSSR count). The van der Waals surface area contributed by atoms with Crippen molar-refractivity contribution >= 4 is 34.0 Å². The number of nitrogens with zero attached hydrogens (tertiary/aromatic N) is 3. The van der Waals surface area contributed by atoms with Gasteiger partial charge < -0.3 is 9.32 Å². The Bertz CT molecular complexity index is 1170. The van der Waals surface area contributed by atoms with Crippen molar-refractivity contribution in [2.24, 2.45) is 0 Å². The maximum absolute atomic E-state index is 12.6. The standard InChI is InChI=1S/C24H21N3O2/c28-23(12-11-19-10-9-17-5-1-2-6-20(17)25-19)27-15-13-18(14-16-27)24-26-21-7-3-4-8-22(21)29-24/h1-12,18H,13-16H2/b12-11+. The molecule has 1 amide bonds. The highest BCUT2D eigenvalue weighted by molar-refractivity contribution is 5.92. The molecule has 0 aliphatic carbocycles. The number of benzene rings is 2. The number of carbonyl (C=O) groups excluding carboxylic acids is 1. The zero-order valence-electron chi connectivity index (χ0n) is 16.0. The third-order valence-corrected chi connectivity index (χ3v) is 5.48. The van der Waals surface area contributed by atoms with Crippen LogP contribution in [0.25, 0.3) is 28.1 Å². The average molecular weight is 383 g/mol. The van der Waals surface area contributed by atoms with Crippen LogP contribution < -0.4 is 0 Å². The van der Waals surface area contributed by atoms with Gasteiger partial charge in [0.15, 0.2) is 11.5 Å². The summed E-state index contributed by atoms with van der Waals surface area (Å²) in [7, 11) is 0. The lowest BCUT2D eigenvalue weighted by atomic mass is 9.96. The molecule has 1 fully saturated rings. The molecule has 5 heteroatoms. The highest BCUT2D eigenvalue weighted by Gasteiger charge is 2.26. The van der Waals surface area contributed by atoms with Crippen LogP contribution in [0.5, 0.6) is 0 Å². The van der Waals surface area contributed by atoms with E-state index in [1.54, 1.807) is 12.2 Å². The number of hydrogen-bond donors (Lipinski definition) is 0. The van der Waals surface area contributed by atoms with E-state index < -0.39 is 0 Å². The fourth-order valence-electron chi connectivity index (χ4n) is 3.85. The molecule has 0 radical (unpaired) electrons. The molecule has 0 spiro atoms. The summed E-state index contributed by atoms with van der Waals surface area (Å²) < 4.78 is 5.91. The number of hydrogen-bond acceptors (Lipinski definition) is 4. The predicted molar refractivity (Wildman–Crippen MR) is 113 cm³/mol. The summed E-state index contributed by atoms with van der Waals surface area (Å²) in [6.07, 6.45) is 5.14. The Labute approximate surface area is 168 Å². The first-order valence-corrected chi connectivity index (χ1v) is 9.94. The molecule has 3 heterocycles. The Morgan fingerprint density at radius 3 is 2.52 bits per heavy atom. The average Bonchev–Trinajstić information content (AvgIpc) is 3.22. The minimum atomic E-state index is 0.0240. The highest BCUT2D eigenvalue weighted by Crippen LogP contribution is 2.30. The van der Waals surface area contributed by atoms with Crippen molar-refractivity contribution in [1.82, 2.24) is 14.9 Å². The van der Waals surface area contributed by atoms with Crippen LogP contribution in [-0.4, -0.2) is 33.9 Å². The van der Waals surface area contributed by atoms with Crippen LogP contribution in [0.15, 0.2) is 71.2 Å². The molecular formula is C24H21N3O2. The highest BCUT2D eigenvalue weighted by atomic mass is 16.3. The van der Waals surface area contributed by atoms with E-state index in [4.69, 9.17) is 4.42 Å². The zero-order chi connectivity index (χ0) is 19.6. The fourth-order valence-corrected chi connectivity index (χ4v) is 3.85. The van der Waals surface area contributed by atoms with E-state index in [-0.39, 0.29) is 11.8 Å². The van der Waals surface area contributed by atoms with E-state index in [9.17, 15) is 4.79 Å². The summed E-state index contributed by atoms with van der Waals surface area (Å²) >= 11 is 0. The predicted octanol–water partition coefficient (Wildman–Crippen LogP) is 4.80. The SMILES string of the molecule is O=C(/C=C/c1ccc2ccccc2n1)N1CCC(c2nc3ccccc3o2)CC1. The Balaban J connectivity index is 1.23. The summed E-state index contributed by atoms with van der Waals surface area (Å²) in [6.45, 7) is 1.41. The number of para-hydroxylation sites is 3. The second-order valence-corrected chi connectivity index (χ2v) is 7.38. The van der Waals surface area contributed by atoms with Crippen molar-refractivity contribution in [3.63, 3.8) is 0 Å². The number of likely N-dealkylation sites (tertiary alicyclic amines) is 1. The first-order chi connectivity index (χ1) is 14.3. The van der Waals surface area contributed by atoms with Gasteiger partial charge in [-0.25, -0.2) is 9.97 Å². The number of amides is 1. The van der Waals surface area contributed by atoms with Crippen LogP contribution >= 0.6 is 0 Å². The lowest BCUT2D eigenvalue weighted by Gasteiger charge is -2.29. The lowest BCUT2D eigenvalue weighted by Crippen LogP contribution is -2.36. The number of carbonyl (C=O) groups is 1. The van der Waals surface area contributed by atoms with Crippen LogP contribution in [-0.2, 0) is 4.79 Å². The summed E-state index contributed by atoms with van der Waals surface area (Å²) in [5.74, 6) is 1.07. The zero-order valence-corrected chi connectivity index (χ0v) is 16.0. The van der Waals surface area contributed by atoms with Crippen LogP contribution in [0, 0.1) is 0 Å². The Kier molecular flexibility index (Phi) is 4.56. The third kappa shape index (κ3) is 3.63. The van der Waals surface area contributed by atoms with Gasteiger partial charge in [0, 0.05) is 30.5 Å². The molecule has 4 aromatic rings. The van der Waals surface area contributed by atoms with Gasteiger partial charge in [-0.15, -0.1) is 0 Å². The smallest absolute Gasteiger partial charge is 0.246 e. The number of rotatable bonds is 3. The van der Waals surface area contributed by atoms with Gasteiger partial charge >= 0.3 is 0 Å². The summed E-state index contributed by atoms with van der Waals surface area (Å²) in [5.41, 5.74) is 3.44. The van der Waals surface area contributed by atoms with Gasteiger partial charge in [0.2, 0.25) is 5.91 Å². The van der Waals surface area contributed by atoms with Crippen molar-refractivity contribution in [3.8, 4) is 0 Å². The molecule has 0 bridgehead atoms. The second-order valence-electron chi connectivity index (χ2n) is 7.38. The van der Waals surface area contributed by atoms with Gasteiger partial charge in [-0.2, -0.15) is 0 Å². The minimum Gasteiger partial charge on any atom is -0.440 e. The van der Waals surface area contributed by atoms with E-state index in [2.05, 4.69) is 9.97 Å². The molecule has 144 valence electrons. The van der Waals surface area contributed by atoms with E-state index in [0.29, 0.717) is 13.1 Å². The van der Waals surface area contributed by atoms with Crippen molar-refractivity contribution in [2.45, 2.75) is 18.8 Å². The molecule has 0 atom stereocenters. The molecule has 0 N–H and O–H groups in total. The molecular weight excluding hydrogens is 362 g/mol. The first-order valence-electron chi connectivity index (χ1n) is 9.94. The second kappa shape index (κ2) is 7.51. The number of fused-ring (bicyclic) bond motifs is 2. The number of aromatic nitrogens is 2. The van der Waals surface area contributed by atoms with E-state index in [1.807, 2.05) is 65.6 Å². The van der Waals surface area contributed by atoms with Gasteiger partial charge in [0.25, 0.3) is 0 Å². The maximum Gasteiger partial charge on any atom is 0.246 e. The van der Waals surface area contributed by atoms with Crippen LogP contribution in [0.3, 0.4) is 0 Å². The first kappa shape index (κ1) is 17.6. The molecule has 2 aromatic heterocycles. The van der Waals surface area contributed by atoms with Crippen molar-refractivity contribution in [3.05, 3.63) is 78.3 Å². The molecule has 5 nitrogen and oxygen atoms in total. The normalized spacial score (nSPS) is 15.5. The van der Waals surface area contributed by atoms with Crippen molar-refractivity contribution in [1.29, 1.82) is 0 Å². The molecule has 2 aromatic carbocycles. The van der Waals surface area contributed by atoms with Crippen molar-refractivity contribution in [2.75, 3.05) is 13.1 Å². The Morgan fingerprint density at radius 1 is 0.931 bits per heavy atom. The maximum atomic E-state index is 12.6. The van der Waals surface area contributed by atoms with Gasteiger partial charge in [0.1, 0.15) is 5.52 Å². The topological polar surface area (TPSA) is 59.2 Å². The van der Waals surface area contributed by atoms with Gasteiger partial charge in [-0.05, 0) is 43.2 Å². The van der Waals surface area contributed by atoms with E-state index in [0.717, 1.165) is 46.4 Å². The summed E-state index contributed by atoms with van der Waals surface area (Å²) in [6, 6.07) is 19.8. The largest absolute Gasteiger partial charge is 0.440 e. The van der Waals surface area contributed by atoms with E-state index >= 15 is 0 Å². The third-order valence-electron chi connectivity index (χ3n) is 5.48. The van der Waals surface area contributed by atoms with Crippen LogP contribution in [0.2, 0.25) is 0 Å². The Hall–Kier alpha value is -3.47. The minimum absolute atomic E-state index is 0.0240. The van der Waals surface area contributed by atoms with Crippen molar-refractivity contribution < 1.29 is 9.21 Å². The lowest BCUT2D eigenvalue weighted by molar-refractivity contribution is -0.127. The quantitative estimate of drug-likeness (QED) is 0.477.